The SMILES string of the molecule is O=C(CCN1C(=O)c2cccc([N+](=O)[O-])c2C1=O)NNC(=O)C1COc2ccccc2O1. The third-order valence-electron chi connectivity index (χ3n) is 4.86. The van der Waals surface area contributed by atoms with E-state index in [1.165, 1.54) is 12.1 Å². The molecule has 32 heavy (non-hydrogen) atoms. The first kappa shape index (κ1) is 20.8. The second kappa shape index (κ2) is 8.34. The van der Waals surface area contributed by atoms with E-state index < -0.39 is 40.3 Å². The predicted octanol–water partition coefficient (Wildman–Crippen LogP) is 0.568. The van der Waals surface area contributed by atoms with Crippen LogP contribution in [-0.4, -0.2) is 52.7 Å². The van der Waals surface area contributed by atoms with E-state index >= 15 is 0 Å². The number of para-hydroxylation sites is 2. The van der Waals surface area contributed by atoms with Gasteiger partial charge in [0.25, 0.3) is 23.4 Å². The Morgan fingerprint density at radius 2 is 1.81 bits per heavy atom. The summed E-state index contributed by atoms with van der Waals surface area (Å²) in [6, 6.07) is 10.6. The van der Waals surface area contributed by atoms with E-state index in [-0.39, 0.29) is 30.7 Å². The zero-order chi connectivity index (χ0) is 22.8. The molecular weight excluding hydrogens is 424 g/mol. The smallest absolute Gasteiger partial charge is 0.283 e. The molecule has 2 aliphatic heterocycles. The second-order valence-corrected chi connectivity index (χ2v) is 6.87. The van der Waals surface area contributed by atoms with Gasteiger partial charge in [0.05, 0.1) is 10.5 Å². The largest absolute Gasteiger partial charge is 0.485 e. The summed E-state index contributed by atoms with van der Waals surface area (Å²) in [5, 5.41) is 11.1. The average molecular weight is 440 g/mol. The molecule has 0 aliphatic carbocycles. The molecule has 0 spiro atoms. The van der Waals surface area contributed by atoms with Crippen molar-refractivity contribution in [3.8, 4) is 11.5 Å². The number of rotatable bonds is 5. The Morgan fingerprint density at radius 1 is 1.06 bits per heavy atom. The molecule has 2 aliphatic rings. The van der Waals surface area contributed by atoms with E-state index in [4.69, 9.17) is 9.47 Å². The molecule has 12 nitrogen and oxygen atoms in total. The predicted molar refractivity (Wildman–Crippen MR) is 106 cm³/mol. The quantitative estimate of drug-likeness (QED) is 0.388. The molecule has 0 fully saturated rings. The highest BCUT2D eigenvalue weighted by Gasteiger charge is 2.40. The molecule has 2 heterocycles. The zero-order valence-corrected chi connectivity index (χ0v) is 16.4. The van der Waals surface area contributed by atoms with Gasteiger partial charge in [-0.25, -0.2) is 0 Å². The summed E-state index contributed by atoms with van der Waals surface area (Å²) in [6.07, 6.45) is -1.31. The van der Waals surface area contributed by atoms with Crippen molar-refractivity contribution < 1.29 is 33.6 Å². The molecule has 0 saturated carbocycles. The molecular formula is C20H16N4O8. The summed E-state index contributed by atoms with van der Waals surface area (Å²) in [4.78, 5) is 60.4. The van der Waals surface area contributed by atoms with Gasteiger partial charge < -0.3 is 9.47 Å². The number of nitrogens with one attached hydrogen (secondary N) is 2. The molecule has 0 bridgehead atoms. The van der Waals surface area contributed by atoms with Gasteiger partial charge in [0.2, 0.25) is 12.0 Å². The van der Waals surface area contributed by atoms with E-state index in [9.17, 15) is 29.3 Å². The number of hydrogen-bond donors (Lipinski definition) is 2. The van der Waals surface area contributed by atoms with Crippen LogP contribution in [0.4, 0.5) is 5.69 Å². The van der Waals surface area contributed by atoms with Crippen molar-refractivity contribution in [1.29, 1.82) is 0 Å². The van der Waals surface area contributed by atoms with Gasteiger partial charge in [0, 0.05) is 19.0 Å². The maximum atomic E-state index is 12.5. The van der Waals surface area contributed by atoms with E-state index in [2.05, 4.69) is 10.9 Å². The molecule has 2 N–H and O–H groups in total. The lowest BCUT2D eigenvalue weighted by Gasteiger charge is -2.25. The van der Waals surface area contributed by atoms with Crippen LogP contribution in [-0.2, 0) is 9.59 Å². The second-order valence-electron chi connectivity index (χ2n) is 6.87. The Labute approximate surface area is 180 Å². The number of imide groups is 1. The maximum Gasteiger partial charge on any atom is 0.283 e. The number of nitro benzene ring substituents is 1. The minimum Gasteiger partial charge on any atom is -0.485 e. The lowest BCUT2D eigenvalue weighted by Crippen LogP contribution is -2.51. The van der Waals surface area contributed by atoms with Crippen molar-refractivity contribution in [2.75, 3.05) is 13.2 Å². The van der Waals surface area contributed by atoms with Crippen LogP contribution in [0.1, 0.15) is 27.1 Å². The van der Waals surface area contributed by atoms with Crippen LogP contribution in [0.3, 0.4) is 0 Å². The molecule has 164 valence electrons. The number of benzene rings is 2. The number of carbonyl (C=O) groups excluding carboxylic acids is 4. The molecule has 4 rings (SSSR count). The number of carbonyl (C=O) groups is 4. The van der Waals surface area contributed by atoms with E-state index in [0.29, 0.717) is 11.5 Å². The Balaban J connectivity index is 1.30. The van der Waals surface area contributed by atoms with Gasteiger partial charge in [-0.05, 0) is 18.2 Å². The van der Waals surface area contributed by atoms with Crippen molar-refractivity contribution in [3.63, 3.8) is 0 Å². The van der Waals surface area contributed by atoms with Gasteiger partial charge in [0.15, 0.2) is 11.5 Å². The summed E-state index contributed by atoms with van der Waals surface area (Å²) < 4.78 is 11.0. The fraction of sp³-hybridized carbons (Fsp3) is 0.200. The fourth-order valence-corrected chi connectivity index (χ4v) is 3.31. The number of fused-ring (bicyclic) bond motifs is 2. The number of hydrogen-bond acceptors (Lipinski definition) is 8. The van der Waals surface area contributed by atoms with Gasteiger partial charge in [-0.3, -0.25) is 45.0 Å². The minimum absolute atomic E-state index is 0.0491. The van der Waals surface area contributed by atoms with Crippen LogP contribution >= 0.6 is 0 Å². The van der Waals surface area contributed by atoms with Gasteiger partial charge in [-0.1, -0.05) is 18.2 Å². The van der Waals surface area contributed by atoms with Gasteiger partial charge in [0.1, 0.15) is 12.2 Å². The highest BCUT2D eigenvalue weighted by atomic mass is 16.6. The van der Waals surface area contributed by atoms with E-state index in [1.54, 1.807) is 24.3 Å². The summed E-state index contributed by atoms with van der Waals surface area (Å²) >= 11 is 0. The van der Waals surface area contributed by atoms with Crippen LogP contribution in [0.2, 0.25) is 0 Å². The number of nitro groups is 1. The standard InChI is InChI=1S/C20H16N4O8/c25-16(21-22-18(26)15-10-31-13-6-1-2-7-14(13)32-15)8-9-23-19(27)11-4-3-5-12(24(29)30)17(11)20(23)28/h1-7,15H,8-10H2,(H,21,25)(H,22,26). The maximum absolute atomic E-state index is 12.5. The van der Waals surface area contributed by atoms with Crippen LogP contribution in [0, 0.1) is 10.1 Å². The van der Waals surface area contributed by atoms with Gasteiger partial charge >= 0.3 is 0 Å². The third-order valence-corrected chi connectivity index (χ3v) is 4.86. The molecule has 12 heteroatoms. The first-order chi connectivity index (χ1) is 15.4. The van der Waals surface area contributed by atoms with Gasteiger partial charge in [-0.15, -0.1) is 0 Å². The molecule has 1 unspecified atom stereocenters. The zero-order valence-electron chi connectivity index (χ0n) is 16.4. The monoisotopic (exact) mass is 440 g/mol. The van der Waals surface area contributed by atoms with E-state index in [0.717, 1.165) is 11.0 Å². The van der Waals surface area contributed by atoms with Crippen LogP contribution < -0.4 is 20.3 Å². The van der Waals surface area contributed by atoms with Gasteiger partial charge in [-0.2, -0.15) is 0 Å². The number of amides is 4. The van der Waals surface area contributed by atoms with Crippen LogP contribution in [0.15, 0.2) is 42.5 Å². The summed E-state index contributed by atoms with van der Waals surface area (Å²) in [7, 11) is 0. The lowest BCUT2D eigenvalue weighted by molar-refractivity contribution is -0.385. The number of nitrogens with zero attached hydrogens (tertiary/aromatic N) is 2. The summed E-state index contributed by atoms with van der Waals surface area (Å²) in [5.41, 5.74) is 3.51. The molecule has 2 aromatic rings. The van der Waals surface area contributed by atoms with Crippen LogP contribution in [0.25, 0.3) is 0 Å². The average Bonchev–Trinajstić information content (AvgIpc) is 3.05. The molecule has 0 aromatic heterocycles. The summed E-state index contributed by atoms with van der Waals surface area (Å²) in [6.45, 7) is -0.367. The molecule has 1 atom stereocenters. The highest BCUT2D eigenvalue weighted by molar-refractivity contribution is 6.23. The lowest BCUT2D eigenvalue weighted by atomic mass is 10.1. The number of hydrazine groups is 1. The Hall–Kier alpha value is -4.48. The minimum atomic E-state index is -0.984. The van der Waals surface area contributed by atoms with E-state index in [1.807, 2.05) is 0 Å². The van der Waals surface area contributed by atoms with Crippen molar-refractivity contribution in [2.45, 2.75) is 12.5 Å². The summed E-state index contributed by atoms with van der Waals surface area (Å²) in [5.74, 6) is -2.00. The first-order valence-electron chi connectivity index (χ1n) is 9.47. The normalized spacial score (nSPS) is 16.4. The molecule has 4 amide bonds. The number of ether oxygens (including phenoxy) is 2. The fourth-order valence-electron chi connectivity index (χ4n) is 3.31. The molecule has 0 saturated heterocycles. The topological polar surface area (TPSA) is 157 Å². The Bertz CT molecular complexity index is 1150. The van der Waals surface area contributed by atoms with Crippen molar-refractivity contribution in [3.05, 3.63) is 63.7 Å². The Morgan fingerprint density at radius 3 is 2.56 bits per heavy atom. The van der Waals surface area contributed by atoms with Crippen molar-refractivity contribution >= 4 is 29.3 Å². The molecule has 2 aromatic carbocycles. The van der Waals surface area contributed by atoms with Crippen molar-refractivity contribution in [2.24, 2.45) is 0 Å². The van der Waals surface area contributed by atoms with Crippen molar-refractivity contribution in [1.82, 2.24) is 15.8 Å². The molecule has 0 radical (unpaired) electrons. The first-order valence-corrected chi connectivity index (χ1v) is 9.47. The highest BCUT2D eigenvalue weighted by Crippen LogP contribution is 2.31. The third kappa shape index (κ3) is 3.80. The Kier molecular flexibility index (Phi) is 5.41. The van der Waals surface area contributed by atoms with Crippen LogP contribution in [0.5, 0.6) is 11.5 Å².